The molecule has 0 spiro atoms. The van der Waals surface area contributed by atoms with Crippen molar-refractivity contribution in [3.05, 3.63) is 57.5 Å². The number of halogens is 2. The van der Waals surface area contributed by atoms with E-state index in [1.54, 1.807) is 42.5 Å². The number of carbonyl (C=O) groups is 1. The first kappa shape index (κ1) is 12.9. The number of benzene rings is 2. The average molecular weight is 326 g/mol. The molecule has 0 fully saturated rings. The number of hydrogen-bond acceptors (Lipinski definition) is 2. The molecule has 0 aliphatic heterocycles. The van der Waals surface area contributed by atoms with Crippen LogP contribution in [0.2, 0.25) is 5.02 Å². The van der Waals surface area contributed by atoms with Crippen LogP contribution in [0.1, 0.15) is 10.4 Å². The van der Waals surface area contributed by atoms with Gasteiger partial charge in [0.25, 0.3) is 5.91 Å². The van der Waals surface area contributed by atoms with Crippen molar-refractivity contribution in [1.82, 2.24) is 0 Å². The number of carbonyl (C=O) groups excluding carboxylic acids is 1. The number of nitrogens with two attached hydrogens (primary N) is 1. The van der Waals surface area contributed by atoms with Gasteiger partial charge in [-0.05, 0) is 36.4 Å². The van der Waals surface area contributed by atoms with Crippen LogP contribution in [0.15, 0.2) is 46.9 Å². The van der Waals surface area contributed by atoms with Gasteiger partial charge in [-0.2, -0.15) is 0 Å². The lowest BCUT2D eigenvalue weighted by molar-refractivity contribution is 0.102. The quantitative estimate of drug-likeness (QED) is 0.822. The maximum atomic E-state index is 12.0. The first-order chi connectivity index (χ1) is 8.56. The Kier molecular flexibility index (Phi) is 3.89. The number of rotatable bonds is 2. The van der Waals surface area contributed by atoms with Gasteiger partial charge in [-0.25, -0.2) is 0 Å². The average Bonchev–Trinajstić information content (AvgIpc) is 2.32. The summed E-state index contributed by atoms with van der Waals surface area (Å²) in [5.74, 6) is -0.244. The van der Waals surface area contributed by atoms with Gasteiger partial charge in [0.15, 0.2) is 0 Å². The van der Waals surface area contributed by atoms with Crippen molar-refractivity contribution in [2.75, 3.05) is 11.1 Å². The maximum absolute atomic E-state index is 12.0. The molecule has 1 amide bonds. The van der Waals surface area contributed by atoms with Crippen molar-refractivity contribution < 1.29 is 4.79 Å². The van der Waals surface area contributed by atoms with Crippen molar-refractivity contribution in [3.8, 4) is 0 Å². The summed E-state index contributed by atoms with van der Waals surface area (Å²) in [5.41, 5.74) is 7.23. The monoisotopic (exact) mass is 324 g/mol. The van der Waals surface area contributed by atoms with Crippen molar-refractivity contribution in [2.24, 2.45) is 0 Å². The van der Waals surface area contributed by atoms with Crippen LogP contribution in [-0.2, 0) is 0 Å². The number of anilines is 2. The second-order valence-corrected chi connectivity index (χ2v) is 5.03. The van der Waals surface area contributed by atoms with E-state index in [4.69, 9.17) is 17.3 Å². The molecule has 3 nitrogen and oxygen atoms in total. The molecule has 0 saturated heterocycles. The van der Waals surface area contributed by atoms with Crippen LogP contribution < -0.4 is 11.1 Å². The van der Waals surface area contributed by atoms with E-state index < -0.39 is 0 Å². The minimum atomic E-state index is -0.244. The van der Waals surface area contributed by atoms with Crippen molar-refractivity contribution in [2.45, 2.75) is 0 Å². The van der Waals surface area contributed by atoms with E-state index in [1.807, 2.05) is 0 Å². The Balaban J connectivity index is 2.21. The summed E-state index contributed by atoms with van der Waals surface area (Å²) in [5, 5.41) is 3.21. The van der Waals surface area contributed by atoms with Gasteiger partial charge in [0.2, 0.25) is 0 Å². The summed E-state index contributed by atoms with van der Waals surface area (Å²) < 4.78 is 0.856. The highest BCUT2D eigenvalue weighted by Gasteiger charge is 2.08. The fraction of sp³-hybridized carbons (Fsp3) is 0. The standard InChI is InChI=1S/C13H10BrClN2O/c14-9-4-5-12(11(15)7-9)17-13(18)8-2-1-3-10(16)6-8/h1-7H,16H2,(H,17,18). The van der Waals surface area contributed by atoms with Gasteiger partial charge in [0.05, 0.1) is 10.7 Å². The molecule has 0 aliphatic carbocycles. The smallest absolute Gasteiger partial charge is 0.255 e. The lowest BCUT2D eigenvalue weighted by Gasteiger charge is -2.08. The molecule has 2 aromatic carbocycles. The van der Waals surface area contributed by atoms with Crippen molar-refractivity contribution in [3.63, 3.8) is 0 Å². The summed E-state index contributed by atoms with van der Waals surface area (Å²) in [4.78, 5) is 12.0. The molecular formula is C13H10BrClN2O. The van der Waals surface area contributed by atoms with Crippen LogP contribution in [0, 0.1) is 0 Å². The van der Waals surface area contributed by atoms with Gasteiger partial charge >= 0.3 is 0 Å². The normalized spacial score (nSPS) is 10.1. The first-order valence-corrected chi connectivity index (χ1v) is 6.35. The van der Waals surface area contributed by atoms with E-state index in [-0.39, 0.29) is 5.91 Å². The molecule has 92 valence electrons. The van der Waals surface area contributed by atoms with Crippen molar-refractivity contribution in [1.29, 1.82) is 0 Å². The highest BCUT2D eigenvalue weighted by Crippen LogP contribution is 2.26. The summed E-state index contributed by atoms with van der Waals surface area (Å²) in [6, 6.07) is 12.0. The Labute approximate surface area is 118 Å². The minimum absolute atomic E-state index is 0.244. The topological polar surface area (TPSA) is 55.1 Å². The van der Waals surface area contributed by atoms with Gasteiger partial charge in [-0.1, -0.05) is 33.6 Å². The van der Waals surface area contributed by atoms with Crippen LogP contribution in [0.3, 0.4) is 0 Å². The molecule has 0 bridgehead atoms. The highest BCUT2D eigenvalue weighted by molar-refractivity contribution is 9.10. The van der Waals surface area contributed by atoms with E-state index in [0.717, 1.165) is 4.47 Å². The summed E-state index contributed by atoms with van der Waals surface area (Å²) in [6.07, 6.45) is 0. The number of amides is 1. The second kappa shape index (κ2) is 5.42. The molecule has 0 saturated carbocycles. The minimum Gasteiger partial charge on any atom is -0.399 e. The molecule has 18 heavy (non-hydrogen) atoms. The van der Waals surface area contributed by atoms with Crippen LogP contribution in [0.25, 0.3) is 0 Å². The van der Waals surface area contributed by atoms with Crippen LogP contribution in [-0.4, -0.2) is 5.91 Å². The van der Waals surface area contributed by atoms with Crippen molar-refractivity contribution >= 4 is 44.8 Å². The molecular weight excluding hydrogens is 316 g/mol. The number of nitrogen functional groups attached to an aromatic ring is 1. The van der Waals surface area contributed by atoms with Crippen LogP contribution >= 0.6 is 27.5 Å². The second-order valence-electron chi connectivity index (χ2n) is 3.70. The van der Waals surface area contributed by atoms with Gasteiger partial charge in [0.1, 0.15) is 0 Å². The third-order valence-electron chi connectivity index (χ3n) is 2.33. The predicted molar refractivity (Wildman–Crippen MR) is 78.0 cm³/mol. The molecule has 0 radical (unpaired) electrons. The summed E-state index contributed by atoms with van der Waals surface area (Å²) in [7, 11) is 0. The predicted octanol–water partition coefficient (Wildman–Crippen LogP) is 3.94. The zero-order valence-corrected chi connectivity index (χ0v) is 11.6. The fourth-order valence-electron chi connectivity index (χ4n) is 1.47. The van der Waals surface area contributed by atoms with E-state index in [9.17, 15) is 4.79 Å². The molecule has 0 heterocycles. The van der Waals surface area contributed by atoms with E-state index in [1.165, 1.54) is 0 Å². The first-order valence-electron chi connectivity index (χ1n) is 5.18. The van der Waals surface area contributed by atoms with Crippen LogP contribution in [0.4, 0.5) is 11.4 Å². The molecule has 3 N–H and O–H groups in total. The molecule has 0 aromatic heterocycles. The highest BCUT2D eigenvalue weighted by atomic mass is 79.9. The zero-order valence-electron chi connectivity index (χ0n) is 9.28. The Morgan fingerprint density at radius 2 is 2.00 bits per heavy atom. The largest absolute Gasteiger partial charge is 0.399 e. The number of hydrogen-bond donors (Lipinski definition) is 2. The molecule has 0 atom stereocenters. The molecule has 0 aliphatic rings. The zero-order chi connectivity index (χ0) is 13.1. The maximum Gasteiger partial charge on any atom is 0.255 e. The van der Waals surface area contributed by atoms with E-state index in [0.29, 0.717) is 22.0 Å². The Morgan fingerprint density at radius 3 is 2.67 bits per heavy atom. The Morgan fingerprint density at radius 1 is 1.22 bits per heavy atom. The fourth-order valence-corrected chi connectivity index (χ4v) is 2.19. The van der Waals surface area contributed by atoms with Gasteiger partial charge < -0.3 is 11.1 Å². The Hall–Kier alpha value is -1.52. The third-order valence-corrected chi connectivity index (χ3v) is 3.13. The van der Waals surface area contributed by atoms with E-state index >= 15 is 0 Å². The lowest BCUT2D eigenvalue weighted by atomic mass is 10.2. The SMILES string of the molecule is Nc1cccc(C(=O)Nc2ccc(Br)cc2Cl)c1. The summed E-state index contributed by atoms with van der Waals surface area (Å²) >= 11 is 9.33. The van der Waals surface area contributed by atoms with Crippen LogP contribution in [0.5, 0.6) is 0 Å². The summed E-state index contributed by atoms with van der Waals surface area (Å²) in [6.45, 7) is 0. The number of nitrogens with one attached hydrogen (secondary N) is 1. The Bertz CT molecular complexity index is 601. The van der Waals surface area contributed by atoms with Gasteiger partial charge in [0, 0.05) is 15.7 Å². The molecule has 0 unspecified atom stereocenters. The van der Waals surface area contributed by atoms with E-state index in [2.05, 4.69) is 21.2 Å². The lowest BCUT2D eigenvalue weighted by Crippen LogP contribution is -2.12. The van der Waals surface area contributed by atoms with Gasteiger partial charge in [-0.3, -0.25) is 4.79 Å². The molecule has 5 heteroatoms. The van der Waals surface area contributed by atoms with Gasteiger partial charge in [-0.15, -0.1) is 0 Å². The molecule has 2 aromatic rings. The third kappa shape index (κ3) is 3.03. The molecule has 2 rings (SSSR count).